The van der Waals surface area contributed by atoms with Gasteiger partial charge in [0.15, 0.2) is 6.61 Å². The second-order valence-corrected chi connectivity index (χ2v) is 6.57. The Morgan fingerprint density at radius 2 is 1.96 bits per heavy atom. The lowest BCUT2D eigenvalue weighted by Gasteiger charge is -2.08. The molecule has 0 aliphatic carbocycles. The van der Waals surface area contributed by atoms with E-state index in [9.17, 15) is 4.79 Å². The summed E-state index contributed by atoms with van der Waals surface area (Å²) in [4.78, 5) is 11.9. The quantitative estimate of drug-likeness (QED) is 0.517. The number of rotatable bonds is 6. The number of para-hydroxylation sites is 1. The van der Waals surface area contributed by atoms with E-state index >= 15 is 0 Å². The van der Waals surface area contributed by atoms with Gasteiger partial charge in [0, 0.05) is 33.7 Å². The van der Waals surface area contributed by atoms with Gasteiger partial charge < -0.3 is 9.30 Å². The van der Waals surface area contributed by atoms with Crippen molar-refractivity contribution < 1.29 is 9.53 Å². The van der Waals surface area contributed by atoms with Gasteiger partial charge >= 0.3 is 0 Å². The number of ether oxygens (including phenoxy) is 1. The van der Waals surface area contributed by atoms with E-state index in [2.05, 4.69) is 35.0 Å². The Kier molecular flexibility index (Phi) is 5.58. The third-order valence-corrected chi connectivity index (χ3v) is 4.16. The van der Waals surface area contributed by atoms with Crippen molar-refractivity contribution in [2.24, 2.45) is 5.10 Å². The van der Waals surface area contributed by atoms with Crippen LogP contribution in [-0.2, 0) is 4.79 Å². The molecule has 1 heterocycles. The minimum Gasteiger partial charge on any atom is -0.484 e. The summed E-state index contributed by atoms with van der Waals surface area (Å²) < 4.78 is 7.57. The van der Waals surface area contributed by atoms with Crippen molar-refractivity contribution in [2.45, 2.75) is 19.9 Å². The minimum absolute atomic E-state index is 0.118. The first-order valence-corrected chi connectivity index (χ1v) is 8.72. The van der Waals surface area contributed by atoms with E-state index in [1.807, 2.05) is 24.4 Å². The Bertz CT molecular complexity index is 930. The summed E-state index contributed by atoms with van der Waals surface area (Å²) in [5, 5.41) is 5.76. The Balaban J connectivity index is 1.62. The number of hydrazone groups is 1. The van der Waals surface area contributed by atoms with Crippen LogP contribution in [0.1, 0.15) is 25.5 Å². The van der Waals surface area contributed by atoms with E-state index in [1.54, 1.807) is 30.5 Å². The highest BCUT2D eigenvalue weighted by atomic mass is 35.5. The van der Waals surface area contributed by atoms with Crippen LogP contribution in [0.25, 0.3) is 10.9 Å². The van der Waals surface area contributed by atoms with Crippen molar-refractivity contribution in [1.29, 1.82) is 0 Å². The fraction of sp³-hybridized carbons (Fsp3) is 0.200. The van der Waals surface area contributed by atoms with Gasteiger partial charge in [-0.05, 0) is 44.2 Å². The van der Waals surface area contributed by atoms with Crippen LogP contribution in [0.4, 0.5) is 0 Å². The number of hydrogen-bond donors (Lipinski definition) is 1. The van der Waals surface area contributed by atoms with E-state index in [4.69, 9.17) is 16.3 Å². The minimum atomic E-state index is -0.330. The molecule has 134 valence electrons. The first kappa shape index (κ1) is 18.0. The van der Waals surface area contributed by atoms with E-state index in [0.717, 1.165) is 16.5 Å². The number of halogens is 1. The molecule has 1 aromatic heterocycles. The van der Waals surface area contributed by atoms with Crippen LogP contribution in [0.3, 0.4) is 0 Å². The van der Waals surface area contributed by atoms with Gasteiger partial charge in [-0.1, -0.05) is 29.8 Å². The fourth-order valence-corrected chi connectivity index (χ4v) is 2.77. The zero-order valence-electron chi connectivity index (χ0n) is 14.6. The van der Waals surface area contributed by atoms with Crippen LogP contribution < -0.4 is 10.2 Å². The summed E-state index contributed by atoms with van der Waals surface area (Å²) in [6.45, 7) is 4.14. The molecule has 0 fully saturated rings. The Morgan fingerprint density at radius 1 is 1.23 bits per heavy atom. The van der Waals surface area contributed by atoms with Gasteiger partial charge in [-0.3, -0.25) is 4.79 Å². The maximum Gasteiger partial charge on any atom is 0.277 e. The van der Waals surface area contributed by atoms with E-state index in [1.165, 1.54) is 0 Å². The van der Waals surface area contributed by atoms with Gasteiger partial charge in [0.1, 0.15) is 5.75 Å². The number of nitrogens with zero attached hydrogens (tertiary/aromatic N) is 2. The van der Waals surface area contributed by atoms with Crippen LogP contribution in [0.2, 0.25) is 5.02 Å². The molecule has 0 aliphatic heterocycles. The van der Waals surface area contributed by atoms with Crippen molar-refractivity contribution in [3.8, 4) is 5.75 Å². The van der Waals surface area contributed by atoms with E-state index in [-0.39, 0.29) is 12.5 Å². The number of nitrogens with one attached hydrogen (secondary N) is 1. The summed E-state index contributed by atoms with van der Waals surface area (Å²) in [6.07, 6.45) is 3.69. The third kappa shape index (κ3) is 4.24. The Labute approximate surface area is 157 Å². The first-order chi connectivity index (χ1) is 12.5. The predicted molar refractivity (Wildman–Crippen MR) is 105 cm³/mol. The molecule has 1 amide bonds. The predicted octanol–water partition coefficient (Wildman–Crippen LogP) is 4.40. The first-order valence-electron chi connectivity index (χ1n) is 8.34. The summed E-state index contributed by atoms with van der Waals surface area (Å²) in [6, 6.07) is 15.3. The second-order valence-electron chi connectivity index (χ2n) is 6.14. The molecular weight excluding hydrogens is 350 g/mol. The topological polar surface area (TPSA) is 55.6 Å². The monoisotopic (exact) mass is 369 g/mol. The molecule has 3 rings (SSSR count). The molecule has 2 aromatic carbocycles. The molecule has 3 aromatic rings. The van der Waals surface area contributed by atoms with Gasteiger partial charge in [-0.15, -0.1) is 0 Å². The van der Waals surface area contributed by atoms with Crippen molar-refractivity contribution in [3.05, 3.63) is 65.3 Å². The number of hydrogen-bond acceptors (Lipinski definition) is 3. The summed E-state index contributed by atoms with van der Waals surface area (Å²) in [5.74, 6) is 0.248. The maximum absolute atomic E-state index is 11.9. The molecule has 1 N–H and O–H groups in total. The molecule has 5 nitrogen and oxygen atoms in total. The molecule has 0 saturated heterocycles. The van der Waals surface area contributed by atoms with Gasteiger partial charge in [-0.2, -0.15) is 5.10 Å². The highest BCUT2D eigenvalue weighted by Crippen LogP contribution is 2.23. The van der Waals surface area contributed by atoms with E-state index < -0.39 is 0 Å². The molecular formula is C20H20ClN3O2. The number of carbonyl (C=O) groups excluding carboxylic acids is 1. The van der Waals surface area contributed by atoms with Gasteiger partial charge in [0.2, 0.25) is 0 Å². The average Bonchev–Trinajstić information content (AvgIpc) is 3.00. The van der Waals surface area contributed by atoms with Crippen molar-refractivity contribution in [3.63, 3.8) is 0 Å². The fourth-order valence-electron chi connectivity index (χ4n) is 2.65. The third-order valence-electron chi connectivity index (χ3n) is 3.90. The van der Waals surface area contributed by atoms with Crippen molar-refractivity contribution >= 4 is 34.6 Å². The van der Waals surface area contributed by atoms with Gasteiger partial charge in [0.05, 0.1) is 6.21 Å². The van der Waals surface area contributed by atoms with Gasteiger partial charge in [0.25, 0.3) is 5.91 Å². The molecule has 0 bridgehead atoms. The maximum atomic E-state index is 11.9. The van der Waals surface area contributed by atoms with Crippen LogP contribution in [0.15, 0.2) is 59.8 Å². The molecule has 0 saturated carbocycles. The number of carbonyl (C=O) groups is 1. The highest BCUT2D eigenvalue weighted by molar-refractivity contribution is 6.30. The lowest BCUT2D eigenvalue weighted by atomic mass is 10.2. The molecule has 0 aliphatic rings. The number of aromatic nitrogens is 1. The molecule has 0 radical (unpaired) electrons. The van der Waals surface area contributed by atoms with Crippen LogP contribution in [-0.4, -0.2) is 23.3 Å². The second kappa shape index (κ2) is 8.06. The highest BCUT2D eigenvalue weighted by Gasteiger charge is 2.08. The average molecular weight is 370 g/mol. The summed E-state index contributed by atoms with van der Waals surface area (Å²) in [5.41, 5.74) is 4.58. The Hall–Kier alpha value is -2.79. The Morgan fingerprint density at radius 3 is 2.69 bits per heavy atom. The molecule has 6 heteroatoms. The number of amides is 1. The van der Waals surface area contributed by atoms with Crippen molar-refractivity contribution in [1.82, 2.24) is 9.99 Å². The smallest absolute Gasteiger partial charge is 0.277 e. The summed E-state index contributed by atoms with van der Waals surface area (Å²) >= 11 is 5.81. The summed E-state index contributed by atoms with van der Waals surface area (Å²) in [7, 11) is 0. The van der Waals surface area contributed by atoms with Crippen molar-refractivity contribution in [2.75, 3.05) is 6.61 Å². The lowest BCUT2D eigenvalue weighted by molar-refractivity contribution is -0.123. The molecule has 0 unspecified atom stereocenters. The molecule has 0 atom stereocenters. The zero-order chi connectivity index (χ0) is 18.5. The van der Waals surface area contributed by atoms with Gasteiger partial charge in [-0.25, -0.2) is 5.43 Å². The van der Waals surface area contributed by atoms with Crippen LogP contribution in [0.5, 0.6) is 5.75 Å². The van der Waals surface area contributed by atoms with E-state index in [0.29, 0.717) is 16.8 Å². The molecule has 26 heavy (non-hydrogen) atoms. The normalized spacial score (nSPS) is 11.4. The largest absolute Gasteiger partial charge is 0.484 e. The molecule has 0 spiro atoms. The SMILES string of the molecule is CC(C)n1cc(/C=N\NC(=O)COc2ccc(Cl)cc2)c2ccccc21. The number of benzene rings is 2. The standard InChI is InChI=1S/C20H20ClN3O2/c1-14(2)24-12-15(18-5-3-4-6-19(18)24)11-22-23-20(25)13-26-17-9-7-16(21)8-10-17/h3-12,14H,13H2,1-2H3,(H,23,25)/b22-11-. The van der Waals surface area contributed by atoms with Crippen LogP contribution >= 0.6 is 11.6 Å². The number of fused-ring (bicyclic) bond motifs is 1. The lowest BCUT2D eigenvalue weighted by Crippen LogP contribution is -2.24. The zero-order valence-corrected chi connectivity index (χ0v) is 15.4. The van der Waals surface area contributed by atoms with Crippen LogP contribution in [0, 0.1) is 0 Å².